The summed E-state index contributed by atoms with van der Waals surface area (Å²) in [5.41, 5.74) is 0. The van der Waals surface area contributed by atoms with Gasteiger partial charge in [0.1, 0.15) is 0 Å². The SMILES string of the molecule is CCC1CC(=O)N(CC(C)CNC)C1. The second-order valence-corrected chi connectivity index (χ2v) is 4.44. The highest BCUT2D eigenvalue weighted by Gasteiger charge is 2.28. The molecule has 1 N–H and O–H groups in total. The molecule has 1 fully saturated rings. The zero-order valence-corrected chi connectivity index (χ0v) is 9.55. The van der Waals surface area contributed by atoms with Gasteiger partial charge in [-0.25, -0.2) is 0 Å². The van der Waals surface area contributed by atoms with Gasteiger partial charge in [0.15, 0.2) is 0 Å². The normalized spacial score (nSPS) is 24.4. The quantitative estimate of drug-likeness (QED) is 0.717. The predicted molar refractivity (Wildman–Crippen MR) is 58.1 cm³/mol. The minimum absolute atomic E-state index is 0.347. The first-order valence-corrected chi connectivity index (χ1v) is 5.59. The number of likely N-dealkylation sites (tertiary alicyclic amines) is 1. The lowest BCUT2D eigenvalue weighted by molar-refractivity contribution is -0.128. The number of rotatable bonds is 5. The van der Waals surface area contributed by atoms with E-state index in [0.29, 0.717) is 17.7 Å². The smallest absolute Gasteiger partial charge is 0.222 e. The van der Waals surface area contributed by atoms with Crippen molar-refractivity contribution in [2.75, 3.05) is 26.7 Å². The van der Waals surface area contributed by atoms with Crippen LogP contribution in [0.2, 0.25) is 0 Å². The van der Waals surface area contributed by atoms with Crippen molar-refractivity contribution in [2.45, 2.75) is 26.7 Å². The molecule has 0 radical (unpaired) electrons. The first kappa shape index (κ1) is 11.5. The first-order valence-electron chi connectivity index (χ1n) is 5.59. The van der Waals surface area contributed by atoms with E-state index in [2.05, 4.69) is 19.2 Å². The maximum atomic E-state index is 11.6. The predicted octanol–water partition coefficient (Wildman–Crippen LogP) is 1.10. The van der Waals surface area contributed by atoms with Crippen LogP contribution in [0.25, 0.3) is 0 Å². The summed E-state index contributed by atoms with van der Waals surface area (Å²) in [6.07, 6.45) is 1.89. The van der Waals surface area contributed by atoms with Gasteiger partial charge in [-0.05, 0) is 25.4 Å². The van der Waals surface area contributed by atoms with Crippen molar-refractivity contribution in [3.63, 3.8) is 0 Å². The van der Waals surface area contributed by atoms with E-state index < -0.39 is 0 Å². The van der Waals surface area contributed by atoms with Gasteiger partial charge in [0.25, 0.3) is 0 Å². The van der Waals surface area contributed by atoms with Crippen LogP contribution < -0.4 is 5.32 Å². The molecule has 0 aromatic rings. The van der Waals surface area contributed by atoms with Gasteiger partial charge in [0, 0.05) is 19.5 Å². The van der Waals surface area contributed by atoms with Crippen molar-refractivity contribution in [2.24, 2.45) is 11.8 Å². The Morgan fingerprint density at radius 1 is 1.64 bits per heavy atom. The highest BCUT2D eigenvalue weighted by atomic mass is 16.2. The van der Waals surface area contributed by atoms with Crippen LogP contribution >= 0.6 is 0 Å². The molecule has 82 valence electrons. The Labute approximate surface area is 86.9 Å². The van der Waals surface area contributed by atoms with Gasteiger partial charge >= 0.3 is 0 Å². The Morgan fingerprint density at radius 3 is 2.86 bits per heavy atom. The second kappa shape index (κ2) is 5.35. The molecule has 3 nitrogen and oxygen atoms in total. The molecule has 0 aromatic carbocycles. The minimum atomic E-state index is 0.347. The molecule has 1 saturated heterocycles. The zero-order valence-electron chi connectivity index (χ0n) is 9.55. The van der Waals surface area contributed by atoms with Crippen molar-refractivity contribution < 1.29 is 4.79 Å². The summed E-state index contributed by atoms with van der Waals surface area (Å²) >= 11 is 0. The zero-order chi connectivity index (χ0) is 10.6. The Balaban J connectivity index is 2.34. The van der Waals surface area contributed by atoms with Crippen molar-refractivity contribution in [3.05, 3.63) is 0 Å². The van der Waals surface area contributed by atoms with Gasteiger partial charge in [0.2, 0.25) is 5.91 Å². The summed E-state index contributed by atoms with van der Waals surface area (Å²) in [4.78, 5) is 13.6. The molecule has 2 atom stereocenters. The minimum Gasteiger partial charge on any atom is -0.342 e. The Bertz CT molecular complexity index is 194. The van der Waals surface area contributed by atoms with E-state index >= 15 is 0 Å². The van der Waals surface area contributed by atoms with Crippen LogP contribution in [-0.4, -0.2) is 37.5 Å². The van der Waals surface area contributed by atoms with Gasteiger partial charge in [-0.15, -0.1) is 0 Å². The van der Waals surface area contributed by atoms with E-state index in [9.17, 15) is 4.79 Å². The molecule has 1 heterocycles. The molecule has 1 aliphatic heterocycles. The van der Waals surface area contributed by atoms with Gasteiger partial charge in [-0.1, -0.05) is 20.3 Å². The fourth-order valence-corrected chi connectivity index (χ4v) is 2.09. The van der Waals surface area contributed by atoms with E-state index in [-0.39, 0.29) is 0 Å². The maximum Gasteiger partial charge on any atom is 0.222 e. The van der Waals surface area contributed by atoms with Crippen LogP contribution in [0.5, 0.6) is 0 Å². The molecule has 2 unspecified atom stereocenters. The van der Waals surface area contributed by atoms with Gasteiger partial charge < -0.3 is 10.2 Å². The lowest BCUT2D eigenvalue weighted by Gasteiger charge is -2.21. The van der Waals surface area contributed by atoms with Crippen LogP contribution in [-0.2, 0) is 4.79 Å². The first-order chi connectivity index (χ1) is 6.67. The van der Waals surface area contributed by atoms with E-state index in [4.69, 9.17) is 0 Å². The molecule has 14 heavy (non-hydrogen) atoms. The lowest BCUT2D eigenvalue weighted by atomic mass is 10.1. The summed E-state index contributed by atoms with van der Waals surface area (Å²) in [5.74, 6) is 1.50. The van der Waals surface area contributed by atoms with Crippen LogP contribution in [0.1, 0.15) is 26.7 Å². The Morgan fingerprint density at radius 2 is 2.36 bits per heavy atom. The molecule has 0 aliphatic carbocycles. The number of hydrogen-bond donors (Lipinski definition) is 1. The summed E-state index contributed by atoms with van der Waals surface area (Å²) in [5, 5.41) is 3.14. The third-order valence-electron chi connectivity index (χ3n) is 2.96. The monoisotopic (exact) mass is 198 g/mol. The molecule has 1 rings (SSSR count). The van der Waals surface area contributed by atoms with E-state index in [1.54, 1.807) is 0 Å². The Hall–Kier alpha value is -0.570. The fourth-order valence-electron chi connectivity index (χ4n) is 2.09. The number of hydrogen-bond acceptors (Lipinski definition) is 2. The molecule has 0 aromatic heterocycles. The third kappa shape index (κ3) is 2.98. The van der Waals surface area contributed by atoms with Crippen LogP contribution in [0, 0.1) is 11.8 Å². The number of nitrogens with one attached hydrogen (secondary N) is 1. The van der Waals surface area contributed by atoms with Gasteiger partial charge in [-0.2, -0.15) is 0 Å². The molecule has 1 aliphatic rings. The van der Waals surface area contributed by atoms with Gasteiger partial charge in [-0.3, -0.25) is 4.79 Å². The molecule has 0 spiro atoms. The average molecular weight is 198 g/mol. The average Bonchev–Trinajstić information content (AvgIpc) is 2.48. The standard InChI is InChI=1S/C11H22N2O/c1-4-10-5-11(14)13(8-10)7-9(2)6-12-3/h9-10,12H,4-8H2,1-3H3. The molecule has 0 saturated carbocycles. The Kier molecular flexibility index (Phi) is 4.39. The molecule has 1 amide bonds. The van der Waals surface area contributed by atoms with Crippen LogP contribution in [0.4, 0.5) is 0 Å². The maximum absolute atomic E-state index is 11.6. The summed E-state index contributed by atoms with van der Waals surface area (Å²) in [6.45, 7) is 7.22. The summed E-state index contributed by atoms with van der Waals surface area (Å²) in [6, 6.07) is 0. The van der Waals surface area contributed by atoms with Crippen LogP contribution in [0.3, 0.4) is 0 Å². The lowest BCUT2D eigenvalue weighted by Crippen LogP contribution is -2.33. The van der Waals surface area contributed by atoms with Gasteiger partial charge in [0.05, 0.1) is 0 Å². The summed E-state index contributed by atoms with van der Waals surface area (Å²) in [7, 11) is 1.96. The van der Waals surface area contributed by atoms with Crippen molar-refractivity contribution in [1.82, 2.24) is 10.2 Å². The van der Waals surface area contributed by atoms with E-state index in [1.165, 1.54) is 0 Å². The summed E-state index contributed by atoms with van der Waals surface area (Å²) < 4.78 is 0. The highest BCUT2D eigenvalue weighted by Crippen LogP contribution is 2.21. The number of amides is 1. The molecule has 3 heteroatoms. The second-order valence-electron chi connectivity index (χ2n) is 4.44. The largest absolute Gasteiger partial charge is 0.342 e. The van der Waals surface area contributed by atoms with E-state index in [1.807, 2.05) is 11.9 Å². The molecule has 0 bridgehead atoms. The van der Waals surface area contributed by atoms with Crippen LogP contribution in [0.15, 0.2) is 0 Å². The van der Waals surface area contributed by atoms with Crippen molar-refractivity contribution in [1.29, 1.82) is 0 Å². The fraction of sp³-hybridized carbons (Fsp3) is 0.909. The number of nitrogens with zero attached hydrogens (tertiary/aromatic N) is 1. The third-order valence-corrected chi connectivity index (χ3v) is 2.96. The highest BCUT2D eigenvalue weighted by molar-refractivity contribution is 5.78. The van der Waals surface area contributed by atoms with E-state index in [0.717, 1.165) is 32.5 Å². The molecular formula is C11H22N2O. The topological polar surface area (TPSA) is 32.3 Å². The van der Waals surface area contributed by atoms with Crippen molar-refractivity contribution in [3.8, 4) is 0 Å². The number of carbonyl (C=O) groups is 1. The molecular weight excluding hydrogens is 176 g/mol. The van der Waals surface area contributed by atoms with Crippen molar-refractivity contribution >= 4 is 5.91 Å². The number of carbonyl (C=O) groups excluding carboxylic acids is 1.